The van der Waals surface area contributed by atoms with Gasteiger partial charge in [0.05, 0.1) is 12.2 Å². The van der Waals surface area contributed by atoms with Gasteiger partial charge in [-0.05, 0) is 11.5 Å². The lowest BCUT2D eigenvalue weighted by Crippen LogP contribution is -2.24. The van der Waals surface area contributed by atoms with Gasteiger partial charge >= 0.3 is 6.09 Å². The van der Waals surface area contributed by atoms with Gasteiger partial charge in [0.1, 0.15) is 12.4 Å². The number of amides is 1. The molecule has 1 fully saturated rings. The molecule has 22 heavy (non-hydrogen) atoms. The molecular formula is C18H14N2O2. The van der Waals surface area contributed by atoms with E-state index in [0.717, 1.165) is 22.0 Å². The monoisotopic (exact) mass is 290 g/mol. The molecule has 0 unspecified atom stereocenters. The molecule has 0 N–H and O–H groups in total. The van der Waals surface area contributed by atoms with E-state index in [4.69, 9.17) is 9.72 Å². The maximum atomic E-state index is 11.8. The summed E-state index contributed by atoms with van der Waals surface area (Å²) in [6, 6.07) is 20.0. The standard InChI is InChI=1S/C18H14N2O2/c21-18-20(10-11-22-18)16-12-14-8-4-5-9-15(14)17(19-16)13-6-2-1-3-7-13/h1-9,12H,10-11H2. The number of benzene rings is 2. The Morgan fingerprint density at radius 3 is 2.55 bits per heavy atom. The van der Waals surface area contributed by atoms with Crippen LogP contribution in [-0.4, -0.2) is 24.2 Å². The number of rotatable bonds is 2. The van der Waals surface area contributed by atoms with Crippen molar-refractivity contribution < 1.29 is 9.53 Å². The van der Waals surface area contributed by atoms with Crippen molar-refractivity contribution in [2.24, 2.45) is 0 Å². The van der Waals surface area contributed by atoms with Crippen LogP contribution in [0.1, 0.15) is 0 Å². The third kappa shape index (κ3) is 2.09. The van der Waals surface area contributed by atoms with Gasteiger partial charge in [-0.15, -0.1) is 0 Å². The molecule has 0 bridgehead atoms. The first kappa shape index (κ1) is 12.8. The van der Waals surface area contributed by atoms with E-state index in [9.17, 15) is 4.79 Å². The summed E-state index contributed by atoms with van der Waals surface area (Å²) in [5, 5.41) is 2.14. The largest absolute Gasteiger partial charge is 0.447 e. The van der Waals surface area contributed by atoms with Crippen LogP contribution in [0.15, 0.2) is 60.7 Å². The molecule has 108 valence electrons. The average Bonchev–Trinajstić information content (AvgIpc) is 3.01. The zero-order valence-electron chi connectivity index (χ0n) is 11.9. The molecule has 0 radical (unpaired) electrons. The second-order valence-electron chi connectivity index (χ2n) is 5.18. The molecule has 0 aliphatic carbocycles. The van der Waals surface area contributed by atoms with Crippen molar-refractivity contribution in [3.05, 3.63) is 60.7 Å². The van der Waals surface area contributed by atoms with E-state index in [0.29, 0.717) is 19.0 Å². The van der Waals surface area contributed by atoms with E-state index in [1.54, 1.807) is 4.90 Å². The first-order valence-corrected chi connectivity index (χ1v) is 7.22. The second kappa shape index (κ2) is 5.15. The number of fused-ring (bicyclic) bond motifs is 1. The van der Waals surface area contributed by atoms with Gasteiger partial charge in [0.2, 0.25) is 0 Å². The quantitative estimate of drug-likeness (QED) is 0.719. The van der Waals surface area contributed by atoms with Crippen molar-refractivity contribution in [2.45, 2.75) is 0 Å². The average molecular weight is 290 g/mol. The predicted molar refractivity (Wildman–Crippen MR) is 85.9 cm³/mol. The minimum absolute atomic E-state index is 0.332. The van der Waals surface area contributed by atoms with Gasteiger partial charge in [0.25, 0.3) is 0 Å². The van der Waals surface area contributed by atoms with Crippen molar-refractivity contribution in [1.29, 1.82) is 0 Å². The van der Waals surface area contributed by atoms with Gasteiger partial charge in [0.15, 0.2) is 0 Å². The molecule has 0 atom stereocenters. The summed E-state index contributed by atoms with van der Waals surface area (Å²) < 4.78 is 5.02. The summed E-state index contributed by atoms with van der Waals surface area (Å²) in [7, 11) is 0. The van der Waals surface area contributed by atoms with Gasteiger partial charge in [-0.1, -0.05) is 54.6 Å². The van der Waals surface area contributed by atoms with Crippen LogP contribution in [0.4, 0.5) is 10.6 Å². The maximum Gasteiger partial charge on any atom is 0.415 e. The van der Waals surface area contributed by atoms with Gasteiger partial charge in [-0.25, -0.2) is 9.78 Å². The van der Waals surface area contributed by atoms with E-state index in [1.807, 2.05) is 54.6 Å². The fourth-order valence-electron chi connectivity index (χ4n) is 2.74. The molecule has 0 spiro atoms. The molecule has 1 amide bonds. The molecule has 1 saturated heterocycles. The Labute approximate surface area is 128 Å². The van der Waals surface area contributed by atoms with Crippen LogP contribution in [-0.2, 0) is 4.74 Å². The number of carbonyl (C=O) groups excluding carboxylic acids is 1. The minimum Gasteiger partial charge on any atom is -0.447 e. The van der Waals surface area contributed by atoms with Crippen molar-refractivity contribution in [3.8, 4) is 11.3 Å². The van der Waals surface area contributed by atoms with Crippen molar-refractivity contribution in [1.82, 2.24) is 4.98 Å². The fraction of sp³-hybridized carbons (Fsp3) is 0.111. The van der Waals surface area contributed by atoms with Crippen LogP contribution in [0.5, 0.6) is 0 Å². The lowest BCUT2D eigenvalue weighted by Gasteiger charge is -2.15. The van der Waals surface area contributed by atoms with Crippen molar-refractivity contribution in [2.75, 3.05) is 18.1 Å². The lowest BCUT2D eigenvalue weighted by atomic mass is 10.0. The highest BCUT2D eigenvalue weighted by atomic mass is 16.6. The number of hydrogen-bond donors (Lipinski definition) is 0. The number of anilines is 1. The molecule has 2 heterocycles. The Kier molecular flexibility index (Phi) is 3.00. The van der Waals surface area contributed by atoms with Crippen molar-refractivity contribution in [3.63, 3.8) is 0 Å². The van der Waals surface area contributed by atoms with E-state index in [2.05, 4.69) is 6.07 Å². The summed E-state index contributed by atoms with van der Waals surface area (Å²) in [5.74, 6) is 0.639. The molecule has 3 aromatic rings. The molecular weight excluding hydrogens is 276 g/mol. The van der Waals surface area contributed by atoms with Crippen LogP contribution in [0.3, 0.4) is 0 Å². The zero-order chi connectivity index (χ0) is 14.9. The van der Waals surface area contributed by atoms with E-state index in [1.165, 1.54) is 0 Å². The van der Waals surface area contributed by atoms with Gasteiger partial charge in [0, 0.05) is 10.9 Å². The summed E-state index contributed by atoms with van der Waals surface area (Å²) in [6.07, 6.45) is -0.332. The molecule has 0 saturated carbocycles. The summed E-state index contributed by atoms with van der Waals surface area (Å²) in [4.78, 5) is 18.1. The van der Waals surface area contributed by atoms with Crippen LogP contribution < -0.4 is 4.90 Å². The molecule has 1 aliphatic rings. The normalized spacial score (nSPS) is 14.4. The molecule has 4 nitrogen and oxygen atoms in total. The summed E-state index contributed by atoms with van der Waals surface area (Å²) in [5.41, 5.74) is 1.92. The Morgan fingerprint density at radius 1 is 1.00 bits per heavy atom. The first-order valence-electron chi connectivity index (χ1n) is 7.22. The molecule has 1 aliphatic heterocycles. The summed E-state index contributed by atoms with van der Waals surface area (Å²) >= 11 is 0. The smallest absolute Gasteiger partial charge is 0.415 e. The van der Waals surface area contributed by atoms with E-state index < -0.39 is 0 Å². The Hall–Kier alpha value is -2.88. The number of hydrogen-bond acceptors (Lipinski definition) is 3. The number of aromatic nitrogens is 1. The van der Waals surface area contributed by atoms with Crippen LogP contribution in [0, 0.1) is 0 Å². The summed E-state index contributed by atoms with van der Waals surface area (Å²) in [6.45, 7) is 0.951. The maximum absolute atomic E-state index is 11.8. The van der Waals surface area contributed by atoms with Crippen LogP contribution in [0.25, 0.3) is 22.0 Å². The lowest BCUT2D eigenvalue weighted by molar-refractivity contribution is 0.181. The topological polar surface area (TPSA) is 42.4 Å². The first-order chi connectivity index (χ1) is 10.8. The highest BCUT2D eigenvalue weighted by Gasteiger charge is 2.25. The highest BCUT2D eigenvalue weighted by Crippen LogP contribution is 2.31. The van der Waals surface area contributed by atoms with Crippen LogP contribution in [0.2, 0.25) is 0 Å². The molecule has 2 aromatic carbocycles. The van der Waals surface area contributed by atoms with E-state index in [-0.39, 0.29) is 6.09 Å². The molecule has 4 rings (SSSR count). The number of carbonyl (C=O) groups is 1. The Morgan fingerprint density at radius 2 is 1.77 bits per heavy atom. The van der Waals surface area contributed by atoms with Crippen LogP contribution >= 0.6 is 0 Å². The number of cyclic esters (lactones) is 1. The molecule has 1 aromatic heterocycles. The third-order valence-electron chi connectivity index (χ3n) is 3.81. The van der Waals surface area contributed by atoms with Gasteiger partial charge in [-0.2, -0.15) is 0 Å². The Balaban J connectivity index is 1.95. The number of nitrogens with zero attached hydrogens (tertiary/aromatic N) is 2. The minimum atomic E-state index is -0.332. The number of pyridine rings is 1. The zero-order valence-corrected chi connectivity index (χ0v) is 11.9. The van der Waals surface area contributed by atoms with Crippen molar-refractivity contribution >= 4 is 22.7 Å². The second-order valence-corrected chi connectivity index (χ2v) is 5.18. The SMILES string of the molecule is O=C1OCCN1c1cc2ccccc2c(-c2ccccc2)n1. The Bertz CT molecular complexity index is 846. The van der Waals surface area contributed by atoms with Gasteiger partial charge in [-0.3, -0.25) is 4.90 Å². The fourth-order valence-corrected chi connectivity index (χ4v) is 2.74. The highest BCUT2D eigenvalue weighted by molar-refractivity contribution is 5.98. The third-order valence-corrected chi connectivity index (χ3v) is 3.81. The van der Waals surface area contributed by atoms with Gasteiger partial charge < -0.3 is 4.74 Å². The number of ether oxygens (including phenoxy) is 1. The molecule has 4 heteroatoms. The van der Waals surface area contributed by atoms with E-state index >= 15 is 0 Å². The predicted octanol–water partition coefficient (Wildman–Crippen LogP) is 3.86.